The molecule has 1 aliphatic carbocycles. The molecule has 0 unspecified atom stereocenters. The molecular formula is C11H22N2O. The van der Waals surface area contributed by atoms with Crippen LogP contribution in [0.15, 0.2) is 0 Å². The molecule has 3 heteroatoms. The lowest BCUT2D eigenvalue weighted by atomic mass is 9.83. The average Bonchev–Trinajstić information content (AvgIpc) is 2.17. The molecule has 0 spiro atoms. The van der Waals surface area contributed by atoms with Crippen molar-refractivity contribution >= 4 is 5.91 Å². The third-order valence-corrected chi connectivity index (χ3v) is 3.11. The second kappa shape index (κ2) is 6.02. The fourth-order valence-corrected chi connectivity index (χ4v) is 2.31. The minimum atomic E-state index is -0.249. The largest absolute Gasteiger partial charge is 0.369 e. The molecular weight excluding hydrogens is 176 g/mol. The third kappa shape index (κ3) is 4.09. The number of hydrogen-bond acceptors (Lipinski definition) is 2. The zero-order valence-corrected chi connectivity index (χ0v) is 9.09. The third-order valence-electron chi connectivity index (χ3n) is 3.11. The van der Waals surface area contributed by atoms with Gasteiger partial charge in [0.2, 0.25) is 5.91 Å². The summed E-state index contributed by atoms with van der Waals surface area (Å²) in [5, 5.41) is 3.21. The first-order chi connectivity index (χ1) is 6.72. The van der Waals surface area contributed by atoms with Gasteiger partial charge in [-0.3, -0.25) is 4.79 Å². The van der Waals surface area contributed by atoms with Crippen LogP contribution >= 0.6 is 0 Å². The summed E-state index contributed by atoms with van der Waals surface area (Å²) in [4.78, 5) is 10.6. The zero-order chi connectivity index (χ0) is 10.4. The summed E-state index contributed by atoms with van der Waals surface area (Å²) in [6.07, 6.45) is 7.69. The molecule has 1 aliphatic rings. The molecule has 1 rings (SSSR count). The second-order valence-electron chi connectivity index (χ2n) is 4.35. The van der Waals surface area contributed by atoms with Crippen molar-refractivity contribution in [3.8, 4) is 0 Å². The monoisotopic (exact) mass is 198 g/mol. The van der Waals surface area contributed by atoms with Crippen LogP contribution in [0.25, 0.3) is 0 Å². The molecule has 0 aliphatic heterocycles. The summed E-state index contributed by atoms with van der Waals surface area (Å²) >= 11 is 0. The summed E-state index contributed by atoms with van der Waals surface area (Å²) in [6, 6.07) is 0.524. The molecule has 0 heterocycles. The van der Waals surface area contributed by atoms with E-state index in [1.165, 1.54) is 38.5 Å². The molecule has 1 amide bonds. The van der Waals surface area contributed by atoms with Gasteiger partial charge in [-0.05, 0) is 31.6 Å². The van der Waals surface area contributed by atoms with E-state index in [0.717, 1.165) is 5.92 Å². The second-order valence-corrected chi connectivity index (χ2v) is 4.35. The summed E-state index contributed by atoms with van der Waals surface area (Å²) in [5.41, 5.74) is 5.08. The van der Waals surface area contributed by atoms with Gasteiger partial charge >= 0.3 is 0 Å². The highest BCUT2D eigenvalue weighted by atomic mass is 16.1. The maximum Gasteiger partial charge on any atom is 0.231 e. The highest BCUT2D eigenvalue weighted by Gasteiger charge is 2.20. The Hall–Kier alpha value is -0.570. The van der Waals surface area contributed by atoms with E-state index in [-0.39, 0.29) is 5.91 Å². The van der Waals surface area contributed by atoms with Gasteiger partial charge in [0.15, 0.2) is 0 Å². The van der Waals surface area contributed by atoms with Crippen LogP contribution in [0.5, 0.6) is 0 Å². The van der Waals surface area contributed by atoms with Gasteiger partial charge in [-0.15, -0.1) is 0 Å². The highest BCUT2D eigenvalue weighted by Crippen LogP contribution is 2.27. The quantitative estimate of drug-likeness (QED) is 0.702. The lowest BCUT2D eigenvalue weighted by Crippen LogP contribution is -2.38. The summed E-state index contributed by atoms with van der Waals surface area (Å²) in [5.74, 6) is 0.673. The van der Waals surface area contributed by atoms with Gasteiger partial charge in [-0.1, -0.05) is 19.8 Å². The fraction of sp³-hybridized carbons (Fsp3) is 0.909. The molecule has 1 saturated carbocycles. The Morgan fingerprint density at radius 2 is 2.00 bits per heavy atom. The molecule has 0 aromatic rings. The standard InChI is InChI=1S/C11H22N2O/c1-2-3-9-4-6-10(7-5-9)13-8-11(12)14/h9-10,13H,2-8H2,1H3,(H2,12,14). The van der Waals surface area contributed by atoms with E-state index in [2.05, 4.69) is 12.2 Å². The Balaban J connectivity index is 2.12. The minimum Gasteiger partial charge on any atom is -0.369 e. The minimum absolute atomic E-state index is 0.249. The number of nitrogens with two attached hydrogens (primary N) is 1. The number of nitrogens with one attached hydrogen (secondary N) is 1. The molecule has 0 radical (unpaired) electrons. The number of primary amides is 1. The first-order valence-corrected chi connectivity index (χ1v) is 5.74. The number of amides is 1. The van der Waals surface area contributed by atoms with Gasteiger partial charge in [-0.25, -0.2) is 0 Å². The van der Waals surface area contributed by atoms with Crippen LogP contribution in [0.3, 0.4) is 0 Å². The van der Waals surface area contributed by atoms with Gasteiger partial charge < -0.3 is 11.1 Å². The maximum absolute atomic E-state index is 10.6. The van der Waals surface area contributed by atoms with E-state index < -0.39 is 0 Å². The van der Waals surface area contributed by atoms with E-state index in [4.69, 9.17) is 5.73 Å². The van der Waals surface area contributed by atoms with E-state index in [1.807, 2.05) is 0 Å². The molecule has 0 aromatic carbocycles. The lowest BCUT2D eigenvalue weighted by molar-refractivity contribution is -0.117. The Bertz CT molecular complexity index is 174. The van der Waals surface area contributed by atoms with Gasteiger partial charge in [0.1, 0.15) is 0 Å². The highest BCUT2D eigenvalue weighted by molar-refractivity contribution is 5.75. The van der Waals surface area contributed by atoms with Gasteiger partial charge in [-0.2, -0.15) is 0 Å². The van der Waals surface area contributed by atoms with Gasteiger partial charge in [0.05, 0.1) is 6.54 Å². The van der Waals surface area contributed by atoms with Crippen LogP contribution in [-0.4, -0.2) is 18.5 Å². The van der Waals surface area contributed by atoms with Gasteiger partial charge in [0, 0.05) is 6.04 Å². The molecule has 14 heavy (non-hydrogen) atoms. The Morgan fingerprint density at radius 3 is 2.50 bits per heavy atom. The zero-order valence-electron chi connectivity index (χ0n) is 9.09. The van der Waals surface area contributed by atoms with Crippen molar-refractivity contribution < 1.29 is 4.79 Å². The van der Waals surface area contributed by atoms with Gasteiger partial charge in [0.25, 0.3) is 0 Å². The molecule has 0 saturated heterocycles. The molecule has 0 aromatic heterocycles. The first-order valence-electron chi connectivity index (χ1n) is 5.74. The van der Waals surface area contributed by atoms with Crippen molar-refractivity contribution in [2.45, 2.75) is 51.5 Å². The molecule has 3 N–H and O–H groups in total. The van der Waals surface area contributed by atoms with E-state index in [9.17, 15) is 4.79 Å². The number of hydrogen-bond donors (Lipinski definition) is 2. The van der Waals surface area contributed by atoms with E-state index >= 15 is 0 Å². The molecule has 3 nitrogen and oxygen atoms in total. The maximum atomic E-state index is 10.6. The predicted octanol–water partition coefficient (Wildman–Crippen LogP) is 1.42. The summed E-state index contributed by atoms with van der Waals surface area (Å²) < 4.78 is 0. The van der Waals surface area contributed by atoms with E-state index in [1.54, 1.807) is 0 Å². The van der Waals surface area contributed by atoms with Crippen molar-refractivity contribution in [2.24, 2.45) is 11.7 Å². The molecule has 82 valence electrons. The number of rotatable bonds is 5. The van der Waals surface area contributed by atoms with Crippen molar-refractivity contribution in [1.29, 1.82) is 0 Å². The van der Waals surface area contributed by atoms with Crippen molar-refractivity contribution in [1.82, 2.24) is 5.32 Å². The molecule has 0 atom stereocenters. The first kappa shape index (κ1) is 11.5. The topological polar surface area (TPSA) is 55.1 Å². The van der Waals surface area contributed by atoms with Crippen LogP contribution in [0, 0.1) is 5.92 Å². The van der Waals surface area contributed by atoms with Crippen LogP contribution < -0.4 is 11.1 Å². The lowest BCUT2D eigenvalue weighted by Gasteiger charge is -2.28. The SMILES string of the molecule is CCCC1CCC(NCC(N)=O)CC1. The fourth-order valence-electron chi connectivity index (χ4n) is 2.31. The van der Waals surface area contributed by atoms with Crippen molar-refractivity contribution in [3.05, 3.63) is 0 Å². The predicted molar refractivity (Wildman–Crippen MR) is 57.9 cm³/mol. The smallest absolute Gasteiger partial charge is 0.231 e. The Labute approximate surface area is 86.4 Å². The van der Waals surface area contributed by atoms with Crippen LogP contribution in [-0.2, 0) is 4.79 Å². The number of carbonyl (C=O) groups excluding carboxylic acids is 1. The van der Waals surface area contributed by atoms with Crippen molar-refractivity contribution in [3.63, 3.8) is 0 Å². The average molecular weight is 198 g/mol. The van der Waals surface area contributed by atoms with Crippen molar-refractivity contribution in [2.75, 3.05) is 6.54 Å². The summed E-state index contributed by atoms with van der Waals surface area (Å²) in [7, 11) is 0. The Kier molecular flexibility index (Phi) is 4.94. The van der Waals surface area contributed by atoms with Crippen LogP contribution in [0.4, 0.5) is 0 Å². The van der Waals surface area contributed by atoms with E-state index in [0.29, 0.717) is 12.6 Å². The number of carbonyl (C=O) groups is 1. The molecule has 0 bridgehead atoms. The van der Waals surface area contributed by atoms with Crippen LogP contribution in [0.2, 0.25) is 0 Å². The van der Waals surface area contributed by atoms with Crippen LogP contribution in [0.1, 0.15) is 45.4 Å². The normalized spacial score (nSPS) is 27.5. The molecule has 1 fully saturated rings. The Morgan fingerprint density at radius 1 is 1.36 bits per heavy atom. The summed E-state index contributed by atoms with van der Waals surface area (Å²) in [6.45, 7) is 2.58.